The van der Waals surface area contributed by atoms with Crippen LogP contribution in [0.25, 0.3) is 0 Å². The predicted octanol–water partition coefficient (Wildman–Crippen LogP) is 5.14. The van der Waals surface area contributed by atoms with Crippen LogP contribution in [-0.2, 0) is 6.42 Å². The maximum Gasteiger partial charge on any atom is 0.573 e. The van der Waals surface area contributed by atoms with Crippen molar-refractivity contribution >= 4 is 12.1 Å². The maximum atomic E-state index is 12.1. The number of ether oxygens (including phenoxy) is 1. The topological polar surface area (TPSA) is 34.0 Å². The zero-order chi connectivity index (χ0) is 18.2. The van der Waals surface area contributed by atoms with Gasteiger partial charge in [0, 0.05) is 12.8 Å². The number of halogens is 3. The summed E-state index contributed by atoms with van der Waals surface area (Å²) in [5.41, 5.74) is 3.88. The van der Waals surface area contributed by atoms with Gasteiger partial charge in [0.25, 0.3) is 0 Å². The van der Waals surface area contributed by atoms with Crippen molar-refractivity contribution in [3.8, 4) is 5.75 Å². The fourth-order valence-corrected chi connectivity index (χ4v) is 2.13. The molecule has 1 rings (SSSR count). The molecule has 130 valence electrons. The van der Waals surface area contributed by atoms with E-state index in [9.17, 15) is 13.2 Å². The summed E-state index contributed by atoms with van der Waals surface area (Å²) in [5, 5.41) is 0. The summed E-state index contributed by atoms with van der Waals surface area (Å²) in [4.78, 5) is 7.92. The maximum absolute atomic E-state index is 12.1. The Balaban J connectivity index is 2.73. The van der Waals surface area contributed by atoms with E-state index < -0.39 is 6.36 Å². The highest BCUT2D eigenvalue weighted by Gasteiger charge is 2.30. The lowest BCUT2D eigenvalue weighted by Gasteiger charge is -2.09. The van der Waals surface area contributed by atoms with Gasteiger partial charge >= 0.3 is 6.36 Å². The average Bonchev–Trinajstić information content (AvgIpc) is 2.45. The van der Waals surface area contributed by atoms with Crippen LogP contribution >= 0.6 is 0 Å². The second-order valence-corrected chi connectivity index (χ2v) is 5.39. The van der Waals surface area contributed by atoms with Gasteiger partial charge in [-0.3, -0.25) is 4.99 Å². The molecule has 0 spiro atoms. The van der Waals surface area contributed by atoms with E-state index in [0.29, 0.717) is 6.42 Å². The van der Waals surface area contributed by atoms with Crippen LogP contribution < -0.4 is 4.74 Å². The largest absolute Gasteiger partial charge is 0.573 e. The lowest BCUT2D eigenvalue weighted by atomic mass is 10.0. The van der Waals surface area contributed by atoms with E-state index in [4.69, 9.17) is 0 Å². The third kappa shape index (κ3) is 8.31. The second kappa shape index (κ2) is 9.05. The van der Waals surface area contributed by atoms with E-state index in [1.54, 1.807) is 19.2 Å². The van der Waals surface area contributed by atoms with E-state index in [1.807, 2.05) is 32.9 Å². The van der Waals surface area contributed by atoms with Crippen molar-refractivity contribution in [1.82, 2.24) is 0 Å². The molecule has 0 amide bonds. The number of alkyl halides is 3. The molecule has 3 nitrogen and oxygen atoms in total. The Kier molecular flexibility index (Phi) is 7.42. The Hall–Kier alpha value is -2.37. The molecule has 0 aromatic heterocycles. The Morgan fingerprint density at radius 2 is 1.71 bits per heavy atom. The molecule has 24 heavy (non-hydrogen) atoms. The van der Waals surface area contributed by atoms with Crippen LogP contribution in [0.3, 0.4) is 0 Å². The minimum absolute atomic E-state index is 0.214. The van der Waals surface area contributed by atoms with Crippen LogP contribution in [0.4, 0.5) is 13.2 Å². The van der Waals surface area contributed by atoms with E-state index in [2.05, 4.69) is 14.7 Å². The summed E-state index contributed by atoms with van der Waals surface area (Å²) in [6, 6.07) is 5.89. The van der Waals surface area contributed by atoms with Crippen LogP contribution in [-0.4, -0.2) is 25.5 Å². The molecule has 1 aromatic carbocycles. The first-order chi connectivity index (χ1) is 11.2. The third-order valence-corrected chi connectivity index (χ3v) is 2.93. The molecule has 0 aliphatic heterocycles. The molecular weight excluding hydrogens is 317 g/mol. The predicted molar refractivity (Wildman–Crippen MR) is 91.9 cm³/mol. The summed E-state index contributed by atoms with van der Waals surface area (Å²) in [6.07, 6.45) is 1.42. The number of aliphatic imine (C=N–C) groups is 2. The molecule has 0 N–H and O–H groups in total. The second-order valence-electron chi connectivity index (χ2n) is 5.39. The minimum Gasteiger partial charge on any atom is -0.406 e. The molecule has 0 heterocycles. The van der Waals surface area contributed by atoms with Crippen LogP contribution in [0, 0.1) is 0 Å². The Morgan fingerprint density at radius 3 is 2.25 bits per heavy atom. The van der Waals surface area contributed by atoms with Gasteiger partial charge in [0.15, 0.2) is 0 Å². The molecule has 0 saturated carbocycles. The van der Waals surface area contributed by atoms with Gasteiger partial charge in [0.1, 0.15) is 12.1 Å². The van der Waals surface area contributed by atoms with Crippen molar-refractivity contribution in [2.24, 2.45) is 9.98 Å². The van der Waals surface area contributed by atoms with Gasteiger partial charge in [-0.15, -0.1) is 13.2 Å². The van der Waals surface area contributed by atoms with E-state index in [1.165, 1.54) is 18.5 Å². The first kappa shape index (κ1) is 19.7. The van der Waals surface area contributed by atoms with Gasteiger partial charge < -0.3 is 4.74 Å². The van der Waals surface area contributed by atoms with Crippen molar-refractivity contribution in [3.63, 3.8) is 0 Å². The first-order valence-electron chi connectivity index (χ1n) is 7.35. The molecule has 0 unspecified atom stereocenters. The van der Waals surface area contributed by atoms with Crippen molar-refractivity contribution in [2.45, 2.75) is 33.6 Å². The Labute approximate surface area is 140 Å². The number of rotatable bonds is 6. The third-order valence-electron chi connectivity index (χ3n) is 2.93. The molecule has 0 bridgehead atoms. The Morgan fingerprint density at radius 1 is 1.08 bits per heavy atom. The smallest absolute Gasteiger partial charge is 0.406 e. The summed E-state index contributed by atoms with van der Waals surface area (Å²) in [7, 11) is 1.66. The fourth-order valence-electron chi connectivity index (χ4n) is 2.13. The molecule has 0 atom stereocenters. The van der Waals surface area contributed by atoms with Crippen molar-refractivity contribution in [3.05, 3.63) is 53.1 Å². The van der Waals surface area contributed by atoms with Gasteiger partial charge in [-0.05, 0) is 56.5 Å². The number of hydrogen-bond donors (Lipinski definition) is 0. The van der Waals surface area contributed by atoms with E-state index >= 15 is 0 Å². The van der Waals surface area contributed by atoms with Crippen molar-refractivity contribution in [2.75, 3.05) is 7.05 Å². The number of hydrogen-bond acceptors (Lipinski definition) is 2. The van der Waals surface area contributed by atoms with Crippen LogP contribution in [0.15, 0.2) is 57.5 Å². The molecule has 0 radical (unpaired) electrons. The van der Waals surface area contributed by atoms with Crippen molar-refractivity contribution < 1.29 is 17.9 Å². The zero-order valence-corrected chi connectivity index (χ0v) is 14.2. The molecule has 6 heteroatoms. The summed E-state index contributed by atoms with van der Waals surface area (Å²) in [5.74, 6) is -0.214. The highest BCUT2D eigenvalue weighted by molar-refractivity contribution is 5.98. The Bertz CT molecular complexity index is 654. The molecule has 1 aromatic rings. The summed E-state index contributed by atoms with van der Waals surface area (Å²) >= 11 is 0. The molecular formula is C18H21F3N2O. The van der Waals surface area contributed by atoms with E-state index in [0.717, 1.165) is 22.4 Å². The van der Waals surface area contributed by atoms with Gasteiger partial charge in [-0.2, -0.15) is 0 Å². The summed E-state index contributed by atoms with van der Waals surface area (Å²) < 4.78 is 40.2. The number of nitrogens with zero attached hydrogens (tertiary/aromatic N) is 2. The summed E-state index contributed by atoms with van der Waals surface area (Å²) in [6.45, 7) is 5.82. The van der Waals surface area contributed by atoms with Gasteiger partial charge in [0.05, 0.1) is 0 Å². The van der Waals surface area contributed by atoms with Gasteiger partial charge in [0.2, 0.25) is 0 Å². The monoisotopic (exact) mass is 338 g/mol. The first-order valence-corrected chi connectivity index (χ1v) is 7.35. The highest BCUT2D eigenvalue weighted by Crippen LogP contribution is 2.23. The molecule has 0 aliphatic rings. The normalized spacial score (nSPS) is 14.4. The standard InChI is InChI=1S/C18H21F3N2O/c1-13(10-15(3)23-12-22-4)9-14(2)11-16-5-7-17(8-6-16)24-18(19,20)21/h5-10,12H,11H2,1-4H3/b13-10-,14-9+,22-12?,23-15?. The van der Waals surface area contributed by atoms with Gasteiger partial charge in [-0.25, -0.2) is 4.99 Å². The average molecular weight is 338 g/mol. The minimum atomic E-state index is -4.67. The zero-order valence-electron chi connectivity index (χ0n) is 14.2. The lowest BCUT2D eigenvalue weighted by Crippen LogP contribution is -2.17. The molecule has 0 saturated heterocycles. The quantitative estimate of drug-likeness (QED) is 0.402. The van der Waals surface area contributed by atoms with Crippen LogP contribution in [0.5, 0.6) is 5.75 Å². The highest BCUT2D eigenvalue weighted by atomic mass is 19.4. The van der Waals surface area contributed by atoms with Gasteiger partial charge in [-0.1, -0.05) is 23.8 Å². The van der Waals surface area contributed by atoms with Crippen LogP contribution in [0.1, 0.15) is 26.3 Å². The lowest BCUT2D eigenvalue weighted by molar-refractivity contribution is -0.274. The SMILES string of the molecule is CN=CN=C(C)/C=C(C)\C=C(/C)Cc1ccc(OC(F)(F)F)cc1. The molecule has 0 aliphatic carbocycles. The van der Waals surface area contributed by atoms with Crippen molar-refractivity contribution in [1.29, 1.82) is 0 Å². The molecule has 0 fully saturated rings. The number of allylic oxidation sites excluding steroid dienone is 4. The fraction of sp³-hybridized carbons (Fsp3) is 0.333. The number of benzene rings is 1. The van der Waals surface area contributed by atoms with Crippen LogP contribution in [0.2, 0.25) is 0 Å². The van der Waals surface area contributed by atoms with E-state index in [-0.39, 0.29) is 5.75 Å².